The highest BCUT2D eigenvalue weighted by atomic mass is 16.5. The highest BCUT2D eigenvalue weighted by Gasteiger charge is 2.62. The Labute approximate surface area is 193 Å². The third kappa shape index (κ3) is 3.50. The van der Waals surface area contributed by atoms with Gasteiger partial charge in [-0.2, -0.15) is 5.10 Å². The van der Waals surface area contributed by atoms with Crippen molar-refractivity contribution in [3.8, 4) is 0 Å². The van der Waals surface area contributed by atoms with Gasteiger partial charge in [-0.1, -0.05) is 20.3 Å². The molecule has 5 nitrogen and oxygen atoms in total. The van der Waals surface area contributed by atoms with Crippen LogP contribution in [0.1, 0.15) is 77.2 Å². The number of methoxy groups -OCH3 is 1. The lowest BCUT2D eigenvalue weighted by atomic mass is 9.44. The molecule has 1 aromatic heterocycles. The van der Waals surface area contributed by atoms with Crippen LogP contribution in [0.5, 0.6) is 0 Å². The Morgan fingerprint density at radius 2 is 2.03 bits per heavy atom. The molecule has 0 aromatic carbocycles. The highest BCUT2D eigenvalue weighted by molar-refractivity contribution is 5.82. The Kier molecular flexibility index (Phi) is 6.03. The molecule has 5 heteroatoms. The fourth-order valence-electron chi connectivity index (χ4n) is 9.19. The zero-order chi connectivity index (χ0) is 22.5. The average molecular weight is 443 g/mol. The molecule has 5 rings (SSSR count). The third-order valence-electron chi connectivity index (χ3n) is 10.6. The van der Waals surface area contributed by atoms with Crippen LogP contribution in [0.15, 0.2) is 12.4 Å². The molecule has 8 atom stereocenters. The number of aromatic nitrogens is 2. The van der Waals surface area contributed by atoms with Crippen molar-refractivity contribution in [3.63, 3.8) is 0 Å². The first-order valence-electron chi connectivity index (χ1n) is 13.0. The average Bonchev–Trinajstić information content (AvgIpc) is 3.37. The van der Waals surface area contributed by atoms with Crippen molar-refractivity contribution >= 4 is 5.78 Å². The molecular formula is C27H42N2O3. The summed E-state index contributed by atoms with van der Waals surface area (Å²) in [6.45, 7) is 6.13. The van der Waals surface area contributed by atoms with Gasteiger partial charge in [-0.05, 0) is 91.8 Å². The Morgan fingerprint density at radius 3 is 2.78 bits per heavy atom. The number of aliphatic hydroxyl groups is 1. The van der Waals surface area contributed by atoms with Crippen LogP contribution in [0.2, 0.25) is 0 Å². The lowest BCUT2D eigenvalue weighted by Gasteiger charge is -2.61. The second-order valence-corrected chi connectivity index (χ2v) is 12.0. The number of aliphatic hydroxyl groups excluding tert-OH is 1. The van der Waals surface area contributed by atoms with E-state index in [1.165, 1.54) is 51.4 Å². The van der Waals surface area contributed by atoms with E-state index in [1.807, 2.05) is 13.3 Å². The molecule has 4 fully saturated rings. The zero-order valence-corrected chi connectivity index (χ0v) is 20.3. The first-order valence-corrected chi connectivity index (χ1v) is 13.0. The Balaban J connectivity index is 1.35. The van der Waals surface area contributed by atoms with Crippen LogP contribution in [0.4, 0.5) is 0 Å². The third-order valence-corrected chi connectivity index (χ3v) is 10.6. The van der Waals surface area contributed by atoms with Crippen LogP contribution < -0.4 is 0 Å². The van der Waals surface area contributed by atoms with Crippen molar-refractivity contribution in [2.24, 2.45) is 46.3 Å². The second kappa shape index (κ2) is 8.54. The molecule has 32 heavy (non-hydrogen) atoms. The number of fused-ring (bicyclic) bond motifs is 5. The second-order valence-electron chi connectivity index (χ2n) is 12.0. The summed E-state index contributed by atoms with van der Waals surface area (Å²) in [6.07, 6.45) is 15.0. The highest BCUT2D eigenvalue weighted by Crippen LogP contribution is 2.68. The summed E-state index contributed by atoms with van der Waals surface area (Å²) >= 11 is 0. The van der Waals surface area contributed by atoms with Gasteiger partial charge in [0.1, 0.15) is 0 Å². The molecular weight excluding hydrogens is 400 g/mol. The number of hydrogen-bond acceptors (Lipinski definition) is 4. The lowest BCUT2D eigenvalue weighted by molar-refractivity contribution is -0.154. The van der Waals surface area contributed by atoms with E-state index < -0.39 is 0 Å². The van der Waals surface area contributed by atoms with Crippen LogP contribution in [-0.4, -0.2) is 34.4 Å². The van der Waals surface area contributed by atoms with Crippen LogP contribution >= 0.6 is 0 Å². The van der Waals surface area contributed by atoms with Crippen LogP contribution in [-0.2, 0) is 22.7 Å². The minimum absolute atomic E-state index is 0.0243. The van der Waals surface area contributed by atoms with Crippen molar-refractivity contribution in [3.05, 3.63) is 18.0 Å². The van der Waals surface area contributed by atoms with Crippen LogP contribution in [0, 0.1) is 46.3 Å². The maximum atomic E-state index is 13.4. The van der Waals surface area contributed by atoms with Crippen molar-refractivity contribution < 1.29 is 14.6 Å². The molecule has 178 valence electrons. The summed E-state index contributed by atoms with van der Waals surface area (Å²) in [5.41, 5.74) is 1.29. The number of nitrogens with zero attached hydrogens (tertiary/aromatic N) is 2. The van der Waals surface area contributed by atoms with E-state index in [4.69, 9.17) is 4.74 Å². The van der Waals surface area contributed by atoms with E-state index in [1.54, 1.807) is 10.9 Å². The van der Waals surface area contributed by atoms with Gasteiger partial charge in [0.2, 0.25) is 0 Å². The summed E-state index contributed by atoms with van der Waals surface area (Å²) in [7, 11) is 1.90. The maximum absolute atomic E-state index is 13.4. The molecule has 0 radical (unpaired) electrons. The fraction of sp³-hybridized carbons (Fsp3) is 0.852. The lowest BCUT2D eigenvalue weighted by Crippen LogP contribution is -2.56. The summed E-state index contributed by atoms with van der Waals surface area (Å²) < 4.78 is 7.64. The summed E-state index contributed by atoms with van der Waals surface area (Å²) in [5, 5.41) is 13.6. The van der Waals surface area contributed by atoms with Gasteiger partial charge in [0, 0.05) is 24.8 Å². The van der Waals surface area contributed by atoms with Gasteiger partial charge in [0.25, 0.3) is 0 Å². The number of carbonyl (C=O) groups excluding carboxylic acids is 1. The Hall–Kier alpha value is -1.20. The number of carbonyl (C=O) groups is 1. The standard InChI is InChI=1S/C27H42N2O3/c1-18-8-11-27(17-32-3)20(12-18)4-5-21-22-6-7-24(26(22,2)10-9-23(21)27)25(31)15-29-14-19(16-30)13-28-29/h13-14,18,20-24,30H,4-12,15-17H2,1-3H3/t18?,20?,21?,22?,23?,24-,26?,27?/m1/s1. The summed E-state index contributed by atoms with van der Waals surface area (Å²) in [6, 6.07) is 0. The predicted octanol–water partition coefficient (Wildman–Crippen LogP) is 4.87. The van der Waals surface area contributed by atoms with Crippen LogP contribution in [0.25, 0.3) is 0 Å². The van der Waals surface area contributed by atoms with E-state index in [-0.39, 0.29) is 17.9 Å². The minimum atomic E-state index is -0.0243. The largest absolute Gasteiger partial charge is 0.392 e. The molecule has 7 unspecified atom stereocenters. The molecule has 1 N–H and O–H groups in total. The molecule has 4 saturated carbocycles. The first-order chi connectivity index (χ1) is 15.4. The number of hydrogen-bond donors (Lipinski definition) is 1. The van der Waals surface area contributed by atoms with Crippen molar-refractivity contribution in [1.82, 2.24) is 9.78 Å². The van der Waals surface area contributed by atoms with Crippen molar-refractivity contribution in [2.75, 3.05) is 13.7 Å². The van der Waals surface area contributed by atoms with E-state index in [0.717, 1.165) is 42.3 Å². The Morgan fingerprint density at radius 1 is 1.19 bits per heavy atom. The molecule has 0 aliphatic heterocycles. The minimum Gasteiger partial charge on any atom is -0.392 e. The number of rotatable bonds is 6. The first kappa shape index (κ1) is 22.6. The SMILES string of the molecule is COCC12CCC(C)CC1CCC1C2CCC2(C)C1CC[C@@H]2C(=O)Cn1cc(CO)cn1. The van der Waals surface area contributed by atoms with E-state index >= 15 is 0 Å². The molecule has 4 aliphatic rings. The van der Waals surface area contributed by atoms with E-state index in [0.29, 0.717) is 23.7 Å². The van der Waals surface area contributed by atoms with Crippen molar-refractivity contribution in [1.29, 1.82) is 0 Å². The normalized spacial score (nSPS) is 43.4. The molecule has 1 aromatic rings. The zero-order valence-electron chi connectivity index (χ0n) is 20.3. The maximum Gasteiger partial charge on any atom is 0.157 e. The van der Waals surface area contributed by atoms with Gasteiger partial charge in [0.05, 0.1) is 26.0 Å². The molecule has 0 spiro atoms. The van der Waals surface area contributed by atoms with E-state index in [2.05, 4.69) is 18.9 Å². The van der Waals surface area contributed by atoms with Crippen molar-refractivity contribution in [2.45, 2.75) is 84.8 Å². The summed E-state index contributed by atoms with van der Waals surface area (Å²) in [4.78, 5) is 13.4. The quantitative estimate of drug-likeness (QED) is 0.683. The van der Waals surface area contributed by atoms with Crippen LogP contribution in [0.3, 0.4) is 0 Å². The number of Topliss-reactive ketones (excluding diaryl/α,β-unsaturated/α-hetero) is 1. The number of ether oxygens (including phenoxy) is 1. The Bertz CT molecular complexity index is 837. The van der Waals surface area contributed by atoms with E-state index in [9.17, 15) is 9.90 Å². The van der Waals surface area contributed by atoms with Gasteiger partial charge in [-0.25, -0.2) is 0 Å². The van der Waals surface area contributed by atoms with Gasteiger partial charge in [-0.15, -0.1) is 0 Å². The predicted molar refractivity (Wildman–Crippen MR) is 124 cm³/mol. The molecule has 0 bridgehead atoms. The van der Waals surface area contributed by atoms with Gasteiger partial charge in [-0.3, -0.25) is 9.48 Å². The topological polar surface area (TPSA) is 64.3 Å². The molecule has 1 heterocycles. The summed E-state index contributed by atoms with van der Waals surface area (Å²) in [5.74, 6) is 4.39. The molecule has 4 aliphatic carbocycles. The smallest absolute Gasteiger partial charge is 0.157 e. The molecule has 0 amide bonds. The molecule has 0 saturated heterocycles. The fourth-order valence-corrected chi connectivity index (χ4v) is 9.19. The number of ketones is 1. The van der Waals surface area contributed by atoms with Gasteiger partial charge < -0.3 is 9.84 Å². The van der Waals surface area contributed by atoms with Gasteiger partial charge in [0.15, 0.2) is 5.78 Å². The monoisotopic (exact) mass is 442 g/mol. The van der Waals surface area contributed by atoms with Gasteiger partial charge >= 0.3 is 0 Å².